The number of hydrogen-bond donors (Lipinski definition) is 2. The lowest BCUT2D eigenvalue weighted by molar-refractivity contribution is 0.521. The van der Waals surface area contributed by atoms with Crippen molar-refractivity contribution < 1.29 is 21.2 Å². The first-order chi connectivity index (χ1) is 14.9. The highest BCUT2D eigenvalue weighted by atomic mass is 32.2. The number of aliphatic imine (C=N–C) groups is 1. The van der Waals surface area contributed by atoms with E-state index < -0.39 is 25.9 Å². The predicted octanol–water partition coefficient (Wildman–Crippen LogP) is 1.86. The zero-order chi connectivity index (χ0) is 23.5. The summed E-state index contributed by atoms with van der Waals surface area (Å²) < 4.78 is 62.6. The molecule has 0 amide bonds. The number of hydrogen-bond acceptors (Lipinski definition) is 8. The molecular formula is C19H21FN6O4S2. The van der Waals surface area contributed by atoms with Crippen molar-refractivity contribution in [3.63, 3.8) is 0 Å². The van der Waals surface area contributed by atoms with Crippen molar-refractivity contribution in [1.82, 2.24) is 14.3 Å². The van der Waals surface area contributed by atoms with Crippen LogP contribution in [0.2, 0.25) is 0 Å². The maximum atomic E-state index is 14.3. The molecule has 0 unspecified atom stereocenters. The van der Waals surface area contributed by atoms with E-state index in [2.05, 4.69) is 20.3 Å². The molecule has 1 aliphatic carbocycles. The predicted molar refractivity (Wildman–Crippen MR) is 119 cm³/mol. The SMILES string of the molecule is CN(C)S(=O)(=O)c1cccc(Nc2nc(N=C3C=CCC(CS(N)(=O)=O)=C3)ncc2F)c1. The number of primary sulfonamides is 1. The Morgan fingerprint density at radius 2 is 2.00 bits per heavy atom. The van der Waals surface area contributed by atoms with Gasteiger partial charge in [-0.25, -0.2) is 40.6 Å². The van der Waals surface area contributed by atoms with Gasteiger partial charge in [0.1, 0.15) is 0 Å². The van der Waals surface area contributed by atoms with E-state index in [4.69, 9.17) is 5.14 Å². The molecule has 0 radical (unpaired) electrons. The molecule has 0 atom stereocenters. The highest BCUT2D eigenvalue weighted by molar-refractivity contribution is 7.89. The van der Waals surface area contributed by atoms with Gasteiger partial charge in [-0.1, -0.05) is 12.1 Å². The van der Waals surface area contributed by atoms with Crippen LogP contribution in [0.4, 0.5) is 21.8 Å². The summed E-state index contributed by atoms with van der Waals surface area (Å²) in [4.78, 5) is 12.1. The van der Waals surface area contributed by atoms with Crippen LogP contribution in [0.15, 0.2) is 64.2 Å². The first-order valence-electron chi connectivity index (χ1n) is 9.21. The molecule has 13 heteroatoms. The summed E-state index contributed by atoms with van der Waals surface area (Å²) in [6, 6.07) is 5.86. The zero-order valence-electron chi connectivity index (χ0n) is 17.2. The van der Waals surface area contributed by atoms with Crippen LogP contribution in [0.1, 0.15) is 6.42 Å². The second kappa shape index (κ2) is 9.24. The Morgan fingerprint density at radius 1 is 1.25 bits per heavy atom. The van der Waals surface area contributed by atoms with E-state index in [1.165, 1.54) is 32.3 Å². The Hall–Kier alpha value is -3.00. The van der Waals surface area contributed by atoms with Gasteiger partial charge in [-0.05, 0) is 42.3 Å². The molecule has 0 aliphatic heterocycles. The molecule has 1 aromatic carbocycles. The Bertz CT molecular complexity index is 1340. The molecule has 0 saturated heterocycles. The normalized spacial score (nSPS) is 15.8. The summed E-state index contributed by atoms with van der Waals surface area (Å²) in [5.74, 6) is -1.34. The van der Waals surface area contributed by atoms with Crippen LogP contribution >= 0.6 is 0 Å². The first kappa shape index (κ1) is 23.7. The molecule has 3 N–H and O–H groups in total. The van der Waals surface area contributed by atoms with E-state index in [0.717, 1.165) is 10.5 Å². The van der Waals surface area contributed by atoms with Gasteiger partial charge in [0.2, 0.25) is 20.0 Å². The second-order valence-corrected chi connectivity index (χ2v) is 10.8. The lowest BCUT2D eigenvalue weighted by atomic mass is 10.1. The minimum absolute atomic E-state index is 0.0299. The summed E-state index contributed by atoms with van der Waals surface area (Å²) >= 11 is 0. The first-order valence-corrected chi connectivity index (χ1v) is 12.4. The van der Waals surface area contributed by atoms with Crippen molar-refractivity contribution in [2.24, 2.45) is 10.1 Å². The van der Waals surface area contributed by atoms with Gasteiger partial charge in [-0.3, -0.25) is 0 Å². The van der Waals surface area contributed by atoms with Crippen molar-refractivity contribution in [3.05, 3.63) is 60.1 Å². The standard InChI is InChI=1S/C19H21FN6O4S2/c1-26(2)32(29,30)16-8-4-7-15(10-16)23-18-17(20)11-22-19(25-18)24-14-6-3-5-13(9-14)12-31(21,27)28/h3-4,6-11H,5,12H2,1-2H3,(H2,21,27,28)(H,22,23,25). The number of allylic oxidation sites excluding steroid dienone is 3. The van der Waals surface area contributed by atoms with Crippen molar-refractivity contribution in [2.75, 3.05) is 25.2 Å². The number of anilines is 2. The second-order valence-electron chi connectivity index (χ2n) is 7.06. The minimum Gasteiger partial charge on any atom is -0.338 e. The van der Waals surface area contributed by atoms with Gasteiger partial charge in [0.05, 0.1) is 22.6 Å². The molecule has 3 rings (SSSR count). The third-order valence-electron chi connectivity index (χ3n) is 4.24. The number of halogens is 1. The van der Waals surface area contributed by atoms with Crippen LogP contribution in [0.25, 0.3) is 0 Å². The molecule has 0 bridgehead atoms. The molecule has 1 aromatic heterocycles. The van der Waals surface area contributed by atoms with Crippen LogP contribution in [0.5, 0.6) is 0 Å². The smallest absolute Gasteiger partial charge is 0.252 e. The number of nitrogens with zero attached hydrogens (tertiary/aromatic N) is 4. The lowest BCUT2D eigenvalue weighted by Crippen LogP contribution is -2.22. The minimum atomic E-state index is -3.68. The number of aromatic nitrogens is 2. The third kappa shape index (κ3) is 6.03. The summed E-state index contributed by atoms with van der Waals surface area (Å²) in [6.07, 6.45) is 6.27. The van der Waals surface area contributed by atoms with E-state index in [-0.39, 0.29) is 22.4 Å². The van der Waals surface area contributed by atoms with E-state index in [9.17, 15) is 21.2 Å². The van der Waals surface area contributed by atoms with Gasteiger partial charge < -0.3 is 5.32 Å². The maximum absolute atomic E-state index is 14.3. The molecule has 1 aliphatic rings. The fourth-order valence-electron chi connectivity index (χ4n) is 2.77. The van der Waals surface area contributed by atoms with Crippen LogP contribution in [-0.4, -0.2) is 56.7 Å². The van der Waals surface area contributed by atoms with Gasteiger partial charge in [-0.15, -0.1) is 0 Å². The van der Waals surface area contributed by atoms with Crippen LogP contribution < -0.4 is 10.5 Å². The summed E-state index contributed by atoms with van der Waals surface area (Å²) in [6.45, 7) is 0. The van der Waals surface area contributed by atoms with Crippen molar-refractivity contribution in [1.29, 1.82) is 0 Å². The van der Waals surface area contributed by atoms with E-state index in [0.29, 0.717) is 23.4 Å². The van der Waals surface area contributed by atoms with Gasteiger partial charge in [0.15, 0.2) is 11.6 Å². The number of nitrogens with one attached hydrogen (secondary N) is 1. The van der Waals surface area contributed by atoms with Crippen molar-refractivity contribution >= 4 is 43.2 Å². The molecule has 2 aromatic rings. The molecule has 0 fully saturated rings. The van der Waals surface area contributed by atoms with Crippen LogP contribution in [0.3, 0.4) is 0 Å². The van der Waals surface area contributed by atoms with Crippen LogP contribution in [-0.2, 0) is 20.0 Å². The van der Waals surface area contributed by atoms with Crippen LogP contribution in [0, 0.1) is 5.82 Å². The van der Waals surface area contributed by atoms with Gasteiger partial charge in [0, 0.05) is 19.8 Å². The quantitative estimate of drug-likeness (QED) is 0.614. The molecular weight excluding hydrogens is 459 g/mol. The molecule has 32 heavy (non-hydrogen) atoms. The Balaban J connectivity index is 1.88. The maximum Gasteiger partial charge on any atom is 0.252 e. The average Bonchev–Trinajstić information content (AvgIpc) is 2.69. The number of nitrogens with two attached hydrogens (primary N) is 1. The lowest BCUT2D eigenvalue weighted by Gasteiger charge is -2.13. The fourth-order valence-corrected chi connectivity index (χ4v) is 4.44. The summed E-state index contributed by atoms with van der Waals surface area (Å²) in [5, 5.41) is 7.81. The highest BCUT2D eigenvalue weighted by Crippen LogP contribution is 2.23. The van der Waals surface area contributed by atoms with Crippen molar-refractivity contribution in [2.45, 2.75) is 11.3 Å². The topological polar surface area (TPSA) is 148 Å². The van der Waals surface area contributed by atoms with Gasteiger partial charge in [-0.2, -0.15) is 4.98 Å². The summed E-state index contributed by atoms with van der Waals surface area (Å²) in [5.41, 5.74) is 1.23. The average molecular weight is 481 g/mol. The largest absolute Gasteiger partial charge is 0.338 e. The van der Waals surface area contributed by atoms with E-state index >= 15 is 0 Å². The molecule has 0 spiro atoms. The van der Waals surface area contributed by atoms with Gasteiger partial charge in [0.25, 0.3) is 5.95 Å². The molecule has 0 saturated carbocycles. The Kier molecular flexibility index (Phi) is 6.83. The van der Waals surface area contributed by atoms with E-state index in [1.54, 1.807) is 24.3 Å². The van der Waals surface area contributed by atoms with Gasteiger partial charge >= 0.3 is 0 Å². The summed E-state index contributed by atoms with van der Waals surface area (Å²) in [7, 11) is -4.53. The monoisotopic (exact) mass is 480 g/mol. The number of benzene rings is 1. The van der Waals surface area contributed by atoms with E-state index in [1.807, 2.05) is 0 Å². The number of sulfonamides is 2. The van der Waals surface area contributed by atoms with Crippen molar-refractivity contribution in [3.8, 4) is 0 Å². The molecule has 1 heterocycles. The highest BCUT2D eigenvalue weighted by Gasteiger charge is 2.18. The zero-order valence-corrected chi connectivity index (χ0v) is 18.9. The molecule has 170 valence electrons. The third-order valence-corrected chi connectivity index (χ3v) is 6.83. The fraction of sp³-hybridized carbons (Fsp3) is 0.211. The Morgan fingerprint density at radius 3 is 2.69 bits per heavy atom. The number of rotatable bonds is 7. The Labute approximate surface area is 185 Å². The molecule has 10 nitrogen and oxygen atoms in total.